The Labute approximate surface area is 187 Å². The Hall–Kier alpha value is -3.19. The van der Waals surface area contributed by atoms with E-state index in [1.54, 1.807) is 12.1 Å². The van der Waals surface area contributed by atoms with Crippen LogP contribution in [0.25, 0.3) is 10.9 Å². The molecule has 0 aliphatic carbocycles. The van der Waals surface area contributed by atoms with Crippen molar-refractivity contribution in [1.29, 1.82) is 0 Å². The number of carbonyl (C=O) groups is 1. The number of H-pyrrole nitrogens is 1. The van der Waals surface area contributed by atoms with Gasteiger partial charge < -0.3 is 15.0 Å². The maximum Gasteiger partial charge on any atom is 0.270 e. The first kappa shape index (κ1) is 22.0. The van der Waals surface area contributed by atoms with Crippen molar-refractivity contribution in [3.63, 3.8) is 0 Å². The molecular weight excluding hydrogens is 406 g/mol. The Morgan fingerprint density at radius 1 is 1.28 bits per heavy atom. The molecule has 168 valence electrons. The number of nitrogens with zero attached hydrogens (tertiary/aromatic N) is 1. The van der Waals surface area contributed by atoms with Crippen molar-refractivity contribution < 1.29 is 14.5 Å². The number of carbonyl (C=O) groups excluding carboxylic acids is 1. The number of amides is 1. The van der Waals surface area contributed by atoms with Crippen LogP contribution in [0.3, 0.4) is 0 Å². The summed E-state index contributed by atoms with van der Waals surface area (Å²) < 4.78 is 5.78. The molecule has 4 rings (SSSR count). The molecular formula is C25H29N3O4. The van der Waals surface area contributed by atoms with Gasteiger partial charge in [-0.3, -0.25) is 14.9 Å². The second-order valence-electron chi connectivity index (χ2n) is 8.83. The minimum Gasteiger partial charge on any atom is -0.373 e. The van der Waals surface area contributed by atoms with Gasteiger partial charge in [-0.15, -0.1) is 0 Å². The van der Waals surface area contributed by atoms with Gasteiger partial charge in [-0.2, -0.15) is 0 Å². The number of fused-ring (bicyclic) bond motifs is 1. The van der Waals surface area contributed by atoms with E-state index in [2.05, 4.69) is 22.4 Å². The first-order valence-electron chi connectivity index (χ1n) is 11.1. The predicted molar refractivity (Wildman–Crippen MR) is 124 cm³/mol. The van der Waals surface area contributed by atoms with Gasteiger partial charge in [0.25, 0.3) is 5.69 Å². The molecule has 2 aromatic carbocycles. The Kier molecular flexibility index (Phi) is 6.55. The number of aryl methyl sites for hydroxylation is 1. The summed E-state index contributed by atoms with van der Waals surface area (Å²) >= 11 is 0. The second-order valence-corrected chi connectivity index (χ2v) is 8.83. The molecule has 2 N–H and O–H groups in total. The van der Waals surface area contributed by atoms with Gasteiger partial charge >= 0.3 is 0 Å². The third-order valence-electron chi connectivity index (χ3n) is 6.36. The van der Waals surface area contributed by atoms with Gasteiger partial charge in [-0.1, -0.05) is 30.3 Å². The molecule has 0 radical (unpaired) electrons. The van der Waals surface area contributed by atoms with E-state index in [4.69, 9.17) is 4.74 Å². The minimum atomic E-state index is -0.385. The highest BCUT2D eigenvalue weighted by molar-refractivity contribution is 5.87. The summed E-state index contributed by atoms with van der Waals surface area (Å²) in [6.45, 7) is 3.27. The smallest absolute Gasteiger partial charge is 0.270 e. The number of aromatic amines is 1. The lowest BCUT2D eigenvalue weighted by atomic mass is 9.89. The number of benzene rings is 2. The molecule has 7 nitrogen and oxygen atoms in total. The molecule has 1 aromatic heterocycles. The van der Waals surface area contributed by atoms with Gasteiger partial charge in [0.2, 0.25) is 5.91 Å². The van der Waals surface area contributed by atoms with Crippen LogP contribution in [0, 0.1) is 10.1 Å². The summed E-state index contributed by atoms with van der Waals surface area (Å²) in [4.78, 5) is 27.0. The average Bonchev–Trinajstić information content (AvgIpc) is 3.42. The molecule has 0 saturated carbocycles. The lowest BCUT2D eigenvalue weighted by Crippen LogP contribution is -2.40. The summed E-state index contributed by atoms with van der Waals surface area (Å²) in [5.41, 5.74) is 2.74. The van der Waals surface area contributed by atoms with Crippen LogP contribution < -0.4 is 5.32 Å². The zero-order chi connectivity index (χ0) is 22.6. The first-order valence-corrected chi connectivity index (χ1v) is 11.1. The number of ether oxygens (including phenoxy) is 1. The number of rotatable bonds is 9. The van der Waals surface area contributed by atoms with Crippen LogP contribution in [-0.4, -0.2) is 34.6 Å². The number of aromatic nitrogens is 1. The molecule has 1 amide bonds. The molecule has 0 bridgehead atoms. The third kappa shape index (κ3) is 5.16. The van der Waals surface area contributed by atoms with Crippen LogP contribution >= 0.6 is 0 Å². The van der Waals surface area contributed by atoms with Crippen molar-refractivity contribution in [2.45, 2.75) is 50.5 Å². The fourth-order valence-electron chi connectivity index (χ4n) is 4.49. The lowest BCUT2D eigenvalue weighted by molar-refractivity contribution is -0.384. The van der Waals surface area contributed by atoms with Crippen molar-refractivity contribution in [2.24, 2.45) is 0 Å². The Morgan fingerprint density at radius 3 is 2.81 bits per heavy atom. The summed E-state index contributed by atoms with van der Waals surface area (Å²) in [6.07, 6.45) is 5.75. The van der Waals surface area contributed by atoms with E-state index in [1.807, 2.05) is 31.3 Å². The van der Waals surface area contributed by atoms with Crippen LogP contribution in [0.15, 0.2) is 54.7 Å². The molecule has 2 heterocycles. The molecule has 3 aromatic rings. The number of hydrogen-bond donors (Lipinski definition) is 2. The van der Waals surface area contributed by atoms with Gasteiger partial charge in [0, 0.05) is 48.8 Å². The third-order valence-corrected chi connectivity index (χ3v) is 6.36. The highest BCUT2D eigenvalue weighted by Gasteiger charge is 2.30. The molecule has 0 spiro atoms. The highest BCUT2D eigenvalue weighted by atomic mass is 16.6. The zero-order valence-corrected chi connectivity index (χ0v) is 18.3. The lowest BCUT2D eigenvalue weighted by Gasteiger charge is -2.24. The Morgan fingerprint density at radius 2 is 2.09 bits per heavy atom. The van der Waals surface area contributed by atoms with Crippen LogP contribution in [0.2, 0.25) is 0 Å². The van der Waals surface area contributed by atoms with Crippen LogP contribution in [0.5, 0.6) is 0 Å². The number of nitro benzene ring substituents is 1. The van der Waals surface area contributed by atoms with E-state index in [-0.39, 0.29) is 28.0 Å². The maximum absolute atomic E-state index is 12.9. The van der Waals surface area contributed by atoms with Crippen LogP contribution in [0.1, 0.15) is 49.7 Å². The molecule has 1 aliphatic rings. The van der Waals surface area contributed by atoms with Gasteiger partial charge in [0.1, 0.15) is 0 Å². The standard InChI is InChI=1S/C25H29N3O4/c1-25(12-5-13-32-25)17-27-24(29)14-19(9-8-18-6-3-2-4-7-18)22-16-26-23-11-10-20(28(30)31)15-21(22)23/h2-4,6-7,10-11,15-16,19,26H,5,8-9,12-14,17H2,1H3,(H,27,29)/t19-,25+/m0/s1. The molecule has 1 fully saturated rings. The number of nitro groups is 1. The van der Waals surface area contributed by atoms with Crippen molar-refractivity contribution in [2.75, 3.05) is 13.2 Å². The number of non-ortho nitro benzene ring substituents is 1. The van der Waals surface area contributed by atoms with Crippen LogP contribution in [-0.2, 0) is 16.0 Å². The molecule has 1 aliphatic heterocycles. The number of hydrogen-bond acceptors (Lipinski definition) is 4. The summed E-state index contributed by atoms with van der Waals surface area (Å²) in [5.74, 6) is -0.0946. The monoisotopic (exact) mass is 435 g/mol. The van der Waals surface area contributed by atoms with Gasteiger partial charge in [-0.25, -0.2) is 0 Å². The highest BCUT2D eigenvalue weighted by Crippen LogP contribution is 2.33. The summed E-state index contributed by atoms with van der Waals surface area (Å²) in [7, 11) is 0. The predicted octanol–water partition coefficient (Wildman–Crippen LogP) is 4.87. The Balaban J connectivity index is 1.54. The van der Waals surface area contributed by atoms with E-state index in [0.717, 1.165) is 48.8 Å². The average molecular weight is 436 g/mol. The van der Waals surface area contributed by atoms with Crippen molar-refractivity contribution >= 4 is 22.5 Å². The van der Waals surface area contributed by atoms with Gasteiger partial charge in [0.15, 0.2) is 0 Å². The molecule has 0 unspecified atom stereocenters. The zero-order valence-electron chi connectivity index (χ0n) is 18.3. The minimum absolute atomic E-state index is 0.0282. The molecule has 1 saturated heterocycles. The second kappa shape index (κ2) is 9.53. The van der Waals surface area contributed by atoms with E-state index >= 15 is 0 Å². The molecule has 7 heteroatoms. The van der Waals surface area contributed by atoms with Crippen molar-refractivity contribution in [3.05, 3.63) is 76.0 Å². The number of nitrogens with one attached hydrogen (secondary N) is 2. The van der Waals surface area contributed by atoms with Gasteiger partial charge in [0.05, 0.1) is 10.5 Å². The maximum atomic E-state index is 12.9. The Bertz CT molecular complexity index is 1090. The molecule has 32 heavy (non-hydrogen) atoms. The van der Waals surface area contributed by atoms with E-state index < -0.39 is 0 Å². The fraction of sp³-hybridized carbons (Fsp3) is 0.400. The van der Waals surface area contributed by atoms with Crippen molar-refractivity contribution in [3.8, 4) is 0 Å². The summed E-state index contributed by atoms with van der Waals surface area (Å²) in [5, 5.41) is 15.1. The van der Waals surface area contributed by atoms with Crippen LogP contribution in [0.4, 0.5) is 5.69 Å². The van der Waals surface area contributed by atoms with Gasteiger partial charge in [-0.05, 0) is 55.7 Å². The molecule has 2 atom stereocenters. The quantitative estimate of drug-likeness (QED) is 0.370. The summed E-state index contributed by atoms with van der Waals surface area (Å²) in [6, 6.07) is 15.0. The topological polar surface area (TPSA) is 97.3 Å². The van der Waals surface area contributed by atoms with E-state index in [1.165, 1.54) is 11.6 Å². The van der Waals surface area contributed by atoms with Crippen molar-refractivity contribution in [1.82, 2.24) is 10.3 Å². The van der Waals surface area contributed by atoms with E-state index in [9.17, 15) is 14.9 Å². The normalized spacial score (nSPS) is 19.2. The fourth-order valence-corrected chi connectivity index (χ4v) is 4.49. The van der Waals surface area contributed by atoms with E-state index in [0.29, 0.717) is 13.0 Å². The SMILES string of the molecule is C[C@]1(CNC(=O)C[C@H](CCc2ccccc2)c2c[nH]c3ccc([N+](=O)[O-])cc23)CCCO1. The first-order chi connectivity index (χ1) is 15.4. The largest absolute Gasteiger partial charge is 0.373 e.